The van der Waals surface area contributed by atoms with E-state index in [2.05, 4.69) is 9.92 Å². The van der Waals surface area contributed by atoms with Crippen LogP contribution in [0.25, 0.3) is 0 Å². The number of amides is 1. The molecular weight excluding hydrogens is 287 g/mol. The van der Waals surface area contributed by atoms with Crippen molar-refractivity contribution in [2.45, 2.75) is 51.3 Å². The van der Waals surface area contributed by atoms with Crippen molar-refractivity contribution in [2.24, 2.45) is 5.73 Å². The molecule has 114 valence electrons. The highest BCUT2D eigenvalue weighted by Crippen LogP contribution is 2.24. The Hall–Kier alpha value is -0.830. The minimum Gasteiger partial charge on any atom is -0.367 e. The van der Waals surface area contributed by atoms with Crippen LogP contribution in [0.15, 0.2) is 0 Å². The van der Waals surface area contributed by atoms with E-state index in [1.54, 1.807) is 0 Å². The van der Waals surface area contributed by atoms with Crippen LogP contribution in [0, 0.1) is 0 Å². The van der Waals surface area contributed by atoms with Gasteiger partial charge in [-0.2, -0.15) is 21.6 Å². The summed E-state index contributed by atoms with van der Waals surface area (Å²) in [5.41, 5.74) is 4.48. The molecule has 1 unspecified atom stereocenters. The third-order valence-electron chi connectivity index (χ3n) is 2.30. The van der Waals surface area contributed by atoms with Gasteiger partial charge in [-0.25, -0.2) is 4.18 Å². The second-order valence-electron chi connectivity index (χ2n) is 4.10. The predicted octanol–water partition coefficient (Wildman–Crippen LogP) is 1.72. The van der Waals surface area contributed by atoms with Gasteiger partial charge in [0, 0.05) is 0 Å². The van der Waals surface area contributed by atoms with Crippen LogP contribution in [0.5, 0.6) is 0 Å². The molecule has 1 amide bonds. The topological polar surface area (TPSA) is 86.5 Å². The lowest BCUT2D eigenvalue weighted by atomic mass is 10.2. The number of hydrogen-bond acceptors (Lipinski definition) is 4. The highest BCUT2D eigenvalue weighted by atomic mass is 32.2. The lowest BCUT2D eigenvalue weighted by molar-refractivity contribution is -0.195. The minimum atomic E-state index is -5.14. The van der Waals surface area contributed by atoms with Gasteiger partial charge in [0.25, 0.3) is 16.0 Å². The normalized spacial score (nSPS) is 14.3. The maximum atomic E-state index is 12.3. The van der Waals surface area contributed by atoms with E-state index in [9.17, 15) is 26.4 Å². The fourth-order valence-corrected chi connectivity index (χ4v) is 2.49. The monoisotopic (exact) mass is 305 g/mol. The molecule has 0 saturated heterocycles. The Labute approximate surface area is 110 Å². The standard InChI is InChI=1S/C10H18F3NO4S/c1-2-3-4-5-6-7-19(16,17)18-8(9(14)15)10(11,12)13/h8H,2-7H2,1H3,(H2,14,15). The minimum absolute atomic E-state index is 0.186. The number of nitrogens with two attached hydrogens (primary N) is 1. The molecule has 0 aliphatic carbocycles. The molecule has 9 heteroatoms. The van der Waals surface area contributed by atoms with E-state index >= 15 is 0 Å². The van der Waals surface area contributed by atoms with Crippen LogP contribution in [0.2, 0.25) is 0 Å². The highest BCUT2D eigenvalue weighted by Gasteiger charge is 2.47. The van der Waals surface area contributed by atoms with Crippen molar-refractivity contribution >= 4 is 16.0 Å². The molecule has 0 aromatic rings. The van der Waals surface area contributed by atoms with Crippen molar-refractivity contribution in [3.63, 3.8) is 0 Å². The molecule has 0 bridgehead atoms. The Kier molecular flexibility index (Phi) is 7.35. The van der Waals surface area contributed by atoms with E-state index < -0.39 is 34.1 Å². The lowest BCUT2D eigenvalue weighted by Crippen LogP contribution is -2.44. The van der Waals surface area contributed by atoms with Gasteiger partial charge in [0.2, 0.25) is 6.10 Å². The van der Waals surface area contributed by atoms with Gasteiger partial charge in [-0.3, -0.25) is 4.79 Å². The molecule has 0 fully saturated rings. The van der Waals surface area contributed by atoms with E-state index in [1.165, 1.54) is 0 Å². The smallest absolute Gasteiger partial charge is 0.367 e. The van der Waals surface area contributed by atoms with Crippen molar-refractivity contribution in [3.05, 3.63) is 0 Å². The average Bonchev–Trinajstić information content (AvgIpc) is 2.24. The molecule has 2 N–H and O–H groups in total. The zero-order valence-corrected chi connectivity index (χ0v) is 11.4. The SMILES string of the molecule is CCCCCCCS(=O)(=O)OC(C(N)=O)C(F)(F)F. The predicted molar refractivity (Wildman–Crippen MR) is 62.7 cm³/mol. The third-order valence-corrected chi connectivity index (χ3v) is 3.57. The van der Waals surface area contributed by atoms with Gasteiger partial charge in [0.05, 0.1) is 5.75 Å². The van der Waals surface area contributed by atoms with Crippen LogP contribution >= 0.6 is 0 Å². The summed E-state index contributed by atoms with van der Waals surface area (Å²) < 4.78 is 63.3. The molecule has 1 atom stereocenters. The Balaban J connectivity index is 4.37. The summed E-state index contributed by atoms with van der Waals surface area (Å²) in [6, 6.07) is 0. The molecule has 0 aromatic heterocycles. The van der Waals surface area contributed by atoms with Gasteiger partial charge < -0.3 is 5.73 Å². The average molecular weight is 305 g/mol. The van der Waals surface area contributed by atoms with Crippen molar-refractivity contribution in [2.75, 3.05) is 5.75 Å². The van der Waals surface area contributed by atoms with Crippen LogP contribution < -0.4 is 5.73 Å². The lowest BCUT2D eigenvalue weighted by Gasteiger charge is -2.17. The van der Waals surface area contributed by atoms with E-state index in [-0.39, 0.29) is 6.42 Å². The van der Waals surface area contributed by atoms with Crippen LogP contribution in [0.1, 0.15) is 39.0 Å². The highest BCUT2D eigenvalue weighted by molar-refractivity contribution is 7.86. The summed E-state index contributed by atoms with van der Waals surface area (Å²) in [5.74, 6) is -2.43. The van der Waals surface area contributed by atoms with E-state index in [4.69, 9.17) is 0 Å². The zero-order valence-electron chi connectivity index (χ0n) is 10.6. The van der Waals surface area contributed by atoms with Crippen molar-refractivity contribution < 1.29 is 30.6 Å². The van der Waals surface area contributed by atoms with E-state index in [1.807, 2.05) is 6.92 Å². The zero-order chi connectivity index (χ0) is 15.1. The quantitative estimate of drug-likeness (QED) is 0.519. The van der Waals surface area contributed by atoms with Gasteiger partial charge in [0.15, 0.2) is 0 Å². The van der Waals surface area contributed by atoms with E-state index in [0.29, 0.717) is 6.42 Å². The van der Waals surface area contributed by atoms with Gasteiger partial charge in [0.1, 0.15) is 0 Å². The second kappa shape index (κ2) is 7.68. The first kappa shape index (κ1) is 18.2. The Morgan fingerprint density at radius 2 is 1.74 bits per heavy atom. The van der Waals surface area contributed by atoms with Crippen LogP contribution in [-0.4, -0.2) is 32.4 Å². The number of carbonyl (C=O) groups excluding carboxylic acids is 1. The van der Waals surface area contributed by atoms with Crippen LogP contribution in [0.4, 0.5) is 13.2 Å². The third kappa shape index (κ3) is 8.04. The second-order valence-corrected chi connectivity index (χ2v) is 5.81. The first-order valence-electron chi connectivity index (χ1n) is 5.87. The number of unbranched alkanes of at least 4 members (excludes halogenated alkanes) is 4. The number of carbonyl (C=O) groups is 1. The first-order valence-corrected chi connectivity index (χ1v) is 7.45. The maximum Gasteiger partial charge on any atom is 0.425 e. The Morgan fingerprint density at radius 1 is 1.21 bits per heavy atom. The number of rotatable bonds is 9. The van der Waals surface area contributed by atoms with Gasteiger partial charge in [-0.15, -0.1) is 0 Å². The van der Waals surface area contributed by atoms with Crippen molar-refractivity contribution in [3.8, 4) is 0 Å². The number of halogens is 3. The largest absolute Gasteiger partial charge is 0.425 e. The number of primary amides is 1. The Morgan fingerprint density at radius 3 is 2.16 bits per heavy atom. The van der Waals surface area contributed by atoms with Gasteiger partial charge in [-0.05, 0) is 6.42 Å². The summed E-state index contributed by atoms with van der Waals surface area (Å²) in [5, 5.41) is 0. The van der Waals surface area contributed by atoms with Gasteiger partial charge >= 0.3 is 6.18 Å². The number of hydrogen-bond donors (Lipinski definition) is 1. The molecule has 0 aromatic carbocycles. The molecule has 19 heavy (non-hydrogen) atoms. The molecule has 0 saturated carbocycles. The fraction of sp³-hybridized carbons (Fsp3) is 0.900. The molecule has 0 rings (SSSR count). The molecule has 0 spiro atoms. The molecule has 0 aliphatic heterocycles. The molecule has 0 heterocycles. The molecule has 5 nitrogen and oxygen atoms in total. The molecular formula is C10H18F3NO4S. The van der Waals surface area contributed by atoms with Gasteiger partial charge in [-0.1, -0.05) is 32.6 Å². The van der Waals surface area contributed by atoms with Crippen molar-refractivity contribution in [1.29, 1.82) is 0 Å². The van der Waals surface area contributed by atoms with Crippen molar-refractivity contribution in [1.82, 2.24) is 0 Å². The summed E-state index contributed by atoms with van der Waals surface area (Å²) in [6.07, 6.45) is -4.82. The molecule has 0 radical (unpaired) electrons. The van der Waals surface area contributed by atoms with E-state index in [0.717, 1.165) is 19.3 Å². The van der Waals surface area contributed by atoms with Crippen LogP contribution in [0.3, 0.4) is 0 Å². The molecule has 0 aliphatic rings. The maximum absolute atomic E-state index is 12.3. The number of alkyl halides is 3. The fourth-order valence-electron chi connectivity index (χ4n) is 1.34. The summed E-state index contributed by atoms with van der Waals surface area (Å²) in [6.45, 7) is 1.97. The summed E-state index contributed by atoms with van der Waals surface area (Å²) >= 11 is 0. The Bertz CT molecular complexity index is 381. The summed E-state index contributed by atoms with van der Waals surface area (Å²) in [4.78, 5) is 10.6. The van der Waals surface area contributed by atoms with Crippen LogP contribution in [-0.2, 0) is 19.1 Å². The summed E-state index contributed by atoms with van der Waals surface area (Å²) in [7, 11) is -4.42. The first-order chi connectivity index (χ1) is 8.60.